The number of hydrogen-bond acceptors (Lipinski definition) is 7. The van der Waals surface area contributed by atoms with Gasteiger partial charge in [-0.25, -0.2) is 4.79 Å². The molecule has 1 saturated heterocycles. The highest BCUT2D eigenvalue weighted by Gasteiger charge is 2.31. The van der Waals surface area contributed by atoms with Gasteiger partial charge in [-0.2, -0.15) is 0 Å². The second-order valence-corrected chi connectivity index (χ2v) is 7.99. The van der Waals surface area contributed by atoms with Crippen LogP contribution in [-0.4, -0.2) is 63.8 Å². The van der Waals surface area contributed by atoms with Crippen molar-refractivity contribution in [1.82, 2.24) is 15.1 Å². The lowest BCUT2D eigenvalue weighted by molar-refractivity contribution is -0.0135. The molecule has 1 amide bonds. The van der Waals surface area contributed by atoms with Crippen molar-refractivity contribution >= 4 is 23.5 Å². The molecule has 0 aromatic carbocycles. The molecule has 2 aliphatic rings. The topological polar surface area (TPSA) is 96.8 Å². The van der Waals surface area contributed by atoms with Crippen LogP contribution in [0.25, 0.3) is 0 Å². The molecule has 0 saturated carbocycles. The Labute approximate surface area is 157 Å². The van der Waals surface area contributed by atoms with Crippen LogP contribution in [0.2, 0.25) is 5.15 Å². The number of ether oxygens (including phenoxy) is 2. The number of hydrogen-bond donors (Lipinski definition) is 2. The molecule has 2 N–H and O–H groups in total. The Kier molecular flexibility index (Phi) is 5.55. The highest BCUT2D eigenvalue weighted by molar-refractivity contribution is 6.30. The molecule has 1 aromatic rings. The van der Waals surface area contributed by atoms with Gasteiger partial charge >= 0.3 is 6.09 Å². The minimum Gasteiger partial charge on any atom is -0.444 e. The van der Waals surface area contributed by atoms with Gasteiger partial charge < -0.3 is 24.8 Å². The van der Waals surface area contributed by atoms with Gasteiger partial charge in [0.15, 0.2) is 11.0 Å². The molecule has 0 unspecified atom stereocenters. The third kappa shape index (κ3) is 4.36. The number of rotatable bonds is 2. The van der Waals surface area contributed by atoms with Gasteiger partial charge in [0.1, 0.15) is 5.60 Å². The number of nitrogens with zero attached hydrogens (tertiary/aromatic N) is 3. The monoisotopic (exact) mass is 384 g/mol. The first-order chi connectivity index (χ1) is 12.2. The summed E-state index contributed by atoms with van der Waals surface area (Å²) in [6, 6.07) is -0.146. The van der Waals surface area contributed by atoms with Gasteiger partial charge in [-0.3, -0.25) is 0 Å². The smallest absolute Gasteiger partial charge is 0.410 e. The van der Waals surface area contributed by atoms with Crippen LogP contribution in [0.5, 0.6) is 0 Å². The number of carbonyl (C=O) groups excluding carboxylic acids is 1. The number of fused-ring (bicyclic) bond motifs is 1. The minimum absolute atomic E-state index is 0.146. The summed E-state index contributed by atoms with van der Waals surface area (Å²) in [4.78, 5) is 14.0. The van der Waals surface area contributed by atoms with E-state index in [9.17, 15) is 9.90 Å². The molecular weight excluding hydrogens is 360 g/mol. The maximum atomic E-state index is 12.3. The summed E-state index contributed by atoms with van der Waals surface area (Å²) < 4.78 is 10.7. The van der Waals surface area contributed by atoms with E-state index in [0.29, 0.717) is 45.0 Å². The summed E-state index contributed by atoms with van der Waals surface area (Å²) >= 11 is 6.24. The highest BCUT2D eigenvalue weighted by atomic mass is 35.5. The predicted octanol–water partition coefficient (Wildman–Crippen LogP) is 1.98. The van der Waals surface area contributed by atoms with Crippen LogP contribution in [0.15, 0.2) is 0 Å². The fraction of sp³-hybridized carbons (Fsp3) is 0.706. The molecular formula is C17H25ClN4O4. The lowest BCUT2D eigenvalue weighted by atomic mass is 10.0. The Morgan fingerprint density at radius 3 is 2.85 bits per heavy atom. The maximum Gasteiger partial charge on any atom is 0.410 e. The largest absolute Gasteiger partial charge is 0.444 e. The maximum absolute atomic E-state index is 12.3. The van der Waals surface area contributed by atoms with Crippen molar-refractivity contribution in [3.63, 3.8) is 0 Å². The second-order valence-electron chi connectivity index (χ2n) is 7.63. The Balaban J connectivity index is 1.77. The molecule has 2 atom stereocenters. The summed E-state index contributed by atoms with van der Waals surface area (Å²) in [5.41, 5.74) is 1.15. The van der Waals surface area contributed by atoms with Gasteiger partial charge in [-0.15, -0.1) is 10.2 Å². The first-order valence-electron chi connectivity index (χ1n) is 8.79. The number of aliphatic hydroxyl groups is 1. The number of halogens is 1. The average Bonchev–Trinajstić information content (AvgIpc) is 2.57. The van der Waals surface area contributed by atoms with Crippen molar-refractivity contribution in [2.45, 2.75) is 57.9 Å². The van der Waals surface area contributed by atoms with Crippen molar-refractivity contribution in [3.8, 4) is 0 Å². The zero-order chi connectivity index (χ0) is 18.9. The van der Waals surface area contributed by atoms with Crippen LogP contribution in [0.3, 0.4) is 0 Å². The molecule has 1 aromatic heterocycles. The zero-order valence-electron chi connectivity index (χ0n) is 15.3. The van der Waals surface area contributed by atoms with E-state index in [4.69, 9.17) is 21.1 Å². The van der Waals surface area contributed by atoms with Crippen molar-refractivity contribution in [2.24, 2.45) is 0 Å². The van der Waals surface area contributed by atoms with Crippen molar-refractivity contribution in [2.75, 3.05) is 25.1 Å². The van der Waals surface area contributed by atoms with Gasteiger partial charge in [0, 0.05) is 24.3 Å². The van der Waals surface area contributed by atoms with Gasteiger partial charge in [-0.05, 0) is 33.6 Å². The van der Waals surface area contributed by atoms with Crippen LogP contribution >= 0.6 is 11.6 Å². The van der Waals surface area contributed by atoms with E-state index >= 15 is 0 Å². The van der Waals surface area contributed by atoms with Crippen LogP contribution in [0.4, 0.5) is 10.6 Å². The summed E-state index contributed by atoms with van der Waals surface area (Å²) in [5, 5.41) is 21.8. The van der Waals surface area contributed by atoms with E-state index in [-0.39, 0.29) is 17.3 Å². The fourth-order valence-electron chi connectivity index (χ4n) is 3.09. The third-order valence-corrected chi connectivity index (χ3v) is 4.72. The molecule has 8 nitrogen and oxygen atoms in total. The molecule has 0 aliphatic carbocycles. The van der Waals surface area contributed by atoms with Crippen molar-refractivity contribution in [3.05, 3.63) is 16.3 Å². The number of aliphatic hydroxyl groups excluding tert-OH is 1. The lowest BCUT2D eigenvalue weighted by Crippen LogP contribution is -2.43. The zero-order valence-corrected chi connectivity index (χ0v) is 16.0. The third-order valence-electron chi connectivity index (χ3n) is 4.42. The number of aromatic nitrogens is 2. The molecule has 0 radical (unpaired) electrons. The highest BCUT2D eigenvalue weighted by Crippen LogP contribution is 2.30. The summed E-state index contributed by atoms with van der Waals surface area (Å²) in [5.74, 6) is 0.610. The molecule has 0 bridgehead atoms. The Bertz CT molecular complexity index is 679. The second kappa shape index (κ2) is 7.54. The van der Waals surface area contributed by atoms with Gasteiger partial charge in [0.25, 0.3) is 0 Å². The van der Waals surface area contributed by atoms with E-state index in [1.807, 2.05) is 20.8 Å². The Hall–Kier alpha value is -1.64. The minimum atomic E-state index is -0.598. The lowest BCUT2D eigenvalue weighted by Gasteiger charge is -2.33. The molecule has 3 rings (SSSR count). The summed E-state index contributed by atoms with van der Waals surface area (Å²) in [6.45, 7) is 7.23. The molecule has 26 heavy (non-hydrogen) atoms. The van der Waals surface area contributed by atoms with E-state index < -0.39 is 11.7 Å². The number of amides is 1. The fourth-order valence-corrected chi connectivity index (χ4v) is 3.31. The summed E-state index contributed by atoms with van der Waals surface area (Å²) in [7, 11) is 0. The molecule has 3 heterocycles. The summed E-state index contributed by atoms with van der Waals surface area (Å²) in [6.07, 6.45) is 0.305. The Morgan fingerprint density at radius 1 is 1.38 bits per heavy atom. The first kappa shape index (κ1) is 19.1. The Morgan fingerprint density at radius 2 is 2.15 bits per heavy atom. The van der Waals surface area contributed by atoms with Gasteiger partial charge in [0.05, 0.1) is 25.3 Å². The van der Waals surface area contributed by atoms with Crippen LogP contribution in [0, 0.1) is 0 Å². The van der Waals surface area contributed by atoms with Crippen LogP contribution in [0.1, 0.15) is 38.3 Å². The van der Waals surface area contributed by atoms with E-state index in [1.54, 1.807) is 4.90 Å². The SMILES string of the molecule is CC(C)(C)OC(=O)N1CCc2c(N[C@@H]3CCOC[C@H]3O)nnc(Cl)c2C1. The standard InChI is InChI=1S/C17H25ClN4O4/c1-17(2,3)26-16(24)22-6-4-10-11(8-22)14(18)20-21-15(10)19-12-5-7-25-9-13(12)23/h12-13,23H,4-9H2,1-3H3,(H,19,21)/t12-,13-/m1/s1. The van der Waals surface area contributed by atoms with Crippen molar-refractivity contribution in [1.29, 1.82) is 0 Å². The van der Waals surface area contributed by atoms with E-state index in [0.717, 1.165) is 11.1 Å². The van der Waals surface area contributed by atoms with Crippen molar-refractivity contribution < 1.29 is 19.4 Å². The molecule has 144 valence electrons. The van der Waals surface area contributed by atoms with Gasteiger partial charge in [-0.1, -0.05) is 11.6 Å². The normalized spacial score (nSPS) is 23.3. The molecule has 0 spiro atoms. The molecule has 9 heteroatoms. The average molecular weight is 385 g/mol. The first-order valence-corrected chi connectivity index (χ1v) is 9.16. The van der Waals surface area contributed by atoms with E-state index in [1.165, 1.54) is 0 Å². The number of nitrogens with one attached hydrogen (secondary N) is 1. The number of anilines is 1. The van der Waals surface area contributed by atoms with Crippen LogP contribution in [-0.2, 0) is 22.4 Å². The van der Waals surface area contributed by atoms with Crippen LogP contribution < -0.4 is 5.32 Å². The van der Waals surface area contributed by atoms with E-state index in [2.05, 4.69) is 15.5 Å². The van der Waals surface area contributed by atoms with Gasteiger partial charge in [0.2, 0.25) is 0 Å². The molecule has 1 fully saturated rings. The molecule has 2 aliphatic heterocycles. The quantitative estimate of drug-likeness (QED) is 0.804. The number of carbonyl (C=O) groups is 1. The predicted molar refractivity (Wildman–Crippen MR) is 96.2 cm³/mol.